The number of primary amides is 1. The second-order valence-electron chi connectivity index (χ2n) is 7.62. The molecule has 0 radical (unpaired) electrons. The predicted molar refractivity (Wildman–Crippen MR) is 104 cm³/mol. The monoisotopic (exact) mass is 401 g/mol. The summed E-state index contributed by atoms with van der Waals surface area (Å²) in [5.41, 5.74) is 8.69. The molecule has 29 heavy (non-hydrogen) atoms. The van der Waals surface area contributed by atoms with Crippen molar-refractivity contribution in [3.63, 3.8) is 0 Å². The van der Waals surface area contributed by atoms with Crippen LogP contribution in [0.25, 0.3) is 0 Å². The van der Waals surface area contributed by atoms with Gasteiger partial charge in [-0.2, -0.15) is 5.10 Å². The average molecular weight is 401 g/mol. The van der Waals surface area contributed by atoms with Crippen LogP contribution in [0.5, 0.6) is 0 Å². The minimum atomic E-state index is -0.722. The molecule has 11 heteroatoms. The molecule has 1 amide bonds. The first-order valence-electron chi connectivity index (χ1n) is 8.68. The third-order valence-electron chi connectivity index (χ3n) is 4.72. The van der Waals surface area contributed by atoms with Gasteiger partial charge in [0.1, 0.15) is 11.4 Å². The number of nitrogens with one attached hydrogen (secondary N) is 1. The Kier molecular flexibility index (Phi) is 4.83. The number of hydrazone groups is 1. The van der Waals surface area contributed by atoms with Crippen molar-refractivity contribution in [3.8, 4) is 0 Å². The van der Waals surface area contributed by atoms with E-state index in [0.717, 1.165) is 12.1 Å². The third-order valence-corrected chi connectivity index (χ3v) is 4.72. The predicted octanol–water partition coefficient (Wildman–Crippen LogP) is 3.29. The molecule has 0 atom stereocenters. The Morgan fingerprint density at radius 3 is 2.52 bits per heavy atom. The Balaban J connectivity index is 2.05. The lowest BCUT2D eigenvalue weighted by molar-refractivity contribution is -0.393. The van der Waals surface area contributed by atoms with E-state index in [2.05, 4.69) is 10.5 Å². The molecule has 11 nitrogen and oxygen atoms in total. The molecule has 0 saturated carbocycles. The number of hydrogen-bond acceptors (Lipinski definition) is 8. The number of nitrogens with zero attached hydrogens (tertiary/aromatic N) is 3. The average Bonchev–Trinajstić information content (AvgIpc) is 2.94. The van der Waals surface area contributed by atoms with Crippen LogP contribution >= 0.6 is 0 Å². The number of hydrogen-bond donors (Lipinski definition) is 2. The highest BCUT2D eigenvalue weighted by molar-refractivity contribution is 6.07. The first-order chi connectivity index (χ1) is 13.5. The minimum Gasteiger partial charge on any atom is -0.455 e. The molecule has 1 aromatic heterocycles. The number of nitrogens with two attached hydrogens (primary N) is 1. The number of fused-ring (bicyclic) bond motifs is 1. The summed E-state index contributed by atoms with van der Waals surface area (Å²) in [6, 6.07) is 3.25. The zero-order valence-corrected chi connectivity index (χ0v) is 16.0. The van der Waals surface area contributed by atoms with E-state index in [1.807, 2.05) is 13.8 Å². The van der Waals surface area contributed by atoms with Crippen molar-refractivity contribution >= 4 is 28.7 Å². The van der Waals surface area contributed by atoms with Crippen LogP contribution in [0.3, 0.4) is 0 Å². The number of rotatable bonds is 5. The van der Waals surface area contributed by atoms with Crippen molar-refractivity contribution in [2.24, 2.45) is 16.3 Å². The first-order valence-corrected chi connectivity index (χ1v) is 8.68. The van der Waals surface area contributed by atoms with Crippen LogP contribution in [-0.4, -0.2) is 21.5 Å². The summed E-state index contributed by atoms with van der Waals surface area (Å²) in [6.07, 6.45) is 1.10. The maximum atomic E-state index is 11.6. The standard InChI is InChI=1S/C18H19N5O6/c1-9-15-12(7-18(2,3)8-14(15)29-16(9)17(19)24)21-20-11-5-4-10(22(25)26)6-13(11)23(27)28/h4-6,20H,7-8H2,1-3H3,(H2,19,24)/b21-12+. The van der Waals surface area contributed by atoms with E-state index in [-0.39, 0.29) is 16.9 Å². The van der Waals surface area contributed by atoms with Crippen molar-refractivity contribution < 1.29 is 19.1 Å². The highest BCUT2D eigenvalue weighted by atomic mass is 16.6. The summed E-state index contributed by atoms with van der Waals surface area (Å²) in [5, 5.41) is 26.5. The Morgan fingerprint density at radius 2 is 1.93 bits per heavy atom. The molecule has 152 valence electrons. The lowest BCUT2D eigenvalue weighted by Crippen LogP contribution is -2.27. The largest absolute Gasteiger partial charge is 0.455 e. The van der Waals surface area contributed by atoms with Crippen LogP contribution in [-0.2, 0) is 6.42 Å². The zero-order valence-electron chi connectivity index (χ0n) is 16.0. The molecule has 0 aliphatic heterocycles. The van der Waals surface area contributed by atoms with Crippen molar-refractivity contribution in [3.05, 3.63) is 61.1 Å². The van der Waals surface area contributed by atoms with E-state index in [1.165, 1.54) is 6.07 Å². The third kappa shape index (κ3) is 3.79. The molecule has 1 aromatic carbocycles. The molecule has 1 aliphatic rings. The number of carbonyl (C=O) groups excluding carboxylic acids is 1. The van der Waals surface area contributed by atoms with Gasteiger partial charge in [-0.1, -0.05) is 13.8 Å². The fourth-order valence-corrected chi connectivity index (χ4v) is 3.45. The van der Waals surface area contributed by atoms with E-state index in [0.29, 0.717) is 35.4 Å². The number of anilines is 1. The van der Waals surface area contributed by atoms with Crippen molar-refractivity contribution in [2.75, 3.05) is 5.43 Å². The molecule has 2 aromatic rings. The number of benzene rings is 1. The van der Waals surface area contributed by atoms with Gasteiger partial charge in [0.25, 0.3) is 11.6 Å². The topological polar surface area (TPSA) is 167 Å². The normalized spacial score (nSPS) is 16.3. The van der Waals surface area contributed by atoms with Gasteiger partial charge in [0.15, 0.2) is 5.76 Å². The molecule has 1 heterocycles. The van der Waals surface area contributed by atoms with Crippen molar-refractivity contribution in [1.82, 2.24) is 0 Å². The fraction of sp³-hybridized carbons (Fsp3) is 0.333. The van der Waals surface area contributed by atoms with Crippen LogP contribution in [0, 0.1) is 32.6 Å². The molecule has 0 saturated heterocycles. The van der Waals surface area contributed by atoms with Crippen LogP contribution in [0.2, 0.25) is 0 Å². The molecule has 0 fully saturated rings. The molecular formula is C18H19N5O6. The van der Waals surface area contributed by atoms with Gasteiger partial charge in [-0.05, 0) is 24.8 Å². The number of nitro groups is 2. The number of non-ortho nitro benzene ring substituents is 1. The Bertz CT molecular complexity index is 1070. The van der Waals surface area contributed by atoms with E-state index in [4.69, 9.17) is 10.2 Å². The van der Waals surface area contributed by atoms with Gasteiger partial charge in [-0.15, -0.1) is 0 Å². The van der Waals surface area contributed by atoms with Crippen molar-refractivity contribution in [2.45, 2.75) is 33.6 Å². The van der Waals surface area contributed by atoms with Gasteiger partial charge in [0.05, 0.1) is 21.6 Å². The lowest BCUT2D eigenvalue weighted by Gasteiger charge is -2.29. The van der Waals surface area contributed by atoms with Crippen LogP contribution < -0.4 is 11.2 Å². The highest BCUT2D eigenvalue weighted by Crippen LogP contribution is 2.39. The molecule has 1 aliphatic carbocycles. The second kappa shape index (κ2) is 7.00. The summed E-state index contributed by atoms with van der Waals surface area (Å²) in [6.45, 7) is 5.70. The molecule has 0 unspecified atom stereocenters. The van der Waals surface area contributed by atoms with Gasteiger partial charge in [-0.3, -0.25) is 30.4 Å². The van der Waals surface area contributed by atoms with E-state index in [1.54, 1.807) is 6.92 Å². The Labute approximate surface area is 164 Å². The quantitative estimate of drug-likeness (QED) is 0.572. The number of amides is 1. The van der Waals surface area contributed by atoms with Gasteiger partial charge >= 0.3 is 5.69 Å². The number of carbonyl (C=O) groups is 1. The van der Waals surface area contributed by atoms with Gasteiger partial charge < -0.3 is 10.2 Å². The van der Waals surface area contributed by atoms with Gasteiger partial charge in [0.2, 0.25) is 0 Å². The minimum absolute atomic E-state index is 0.00861. The highest BCUT2D eigenvalue weighted by Gasteiger charge is 2.36. The molecule has 3 rings (SSSR count). The van der Waals surface area contributed by atoms with Crippen LogP contribution in [0.1, 0.15) is 47.7 Å². The summed E-state index contributed by atoms with van der Waals surface area (Å²) in [7, 11) is 0. The van der Waals surface area contributed by atoms with E-state index < -0.39 is 27.1 Å². The Morgan fingerprint density at radius 1 is 1.24 bits per heavy atom. The molecular weight excluding hydrogens is 382 g/mol. The van der Waals surface area contributed by atoms with Crippen LogP contribution in [0.4, 0.5) is 17.1 Å². The summed E-state index contributed by atoms with van der Waals surface area (Å²) < 4.78 is 5.65. The molecule has 0 bridgehead atoms. The summed E-state index contributed by atoms with van der Waals surface area (Å²) >= 11 is 0. The smallest absolute Gasteiger partial charge is 0.301 e. The molecule has 3 N–H and O–H groups in total. The van der Waals surface area contributed by atoms with E-state index >= 15 is 0 Å². The number of nitro benzene ring substituents is 2. The Hall–Kier alpha value is -3.76. The van der Waals surface area contributed by atoms with Crippen LogP contribution in [0.15, 0.2) is 27.7 Å². The summed E-state index contributed by atoms with van der Waals surface area (Å²) in [5.74, 6) is -0.0546. The second-order valence-corrected chi connectivity index (χ2v) is 7.62. The van der Waals surface area contributed by atoms with Gasteiger partial charge in [-0.25, -0.2) is 0 Å². The molecule has 0 spiro atoms. The van der Waals surface area contributed by atoms with E-state index in [9.17, 15) is 25.0 Å². The zero-order chi connectivity index (χ0) is 21.5. The fourth-order valence-electron chi connectivity index (χ4n) is 3.45. The maximum absolute atomic E-state index is 11.6. The summed E-state index contributed by atoms with van der Waals surface area (Å²) in [4.78, 5) is 32.4. The maximum Gasteiger partial charge on any atom is 0.301 e. The first kappa shape index (κ1) is 20.0. The SMILES string of the molecule is Cc1c(C(N)=O)oc2c1/C(=N/Nc1ccc([N+](=O)[O-])cc1[N+](=O)[O-])CC(C)(C)C2. The van der Waals surface area contributed by atoms with Crippen molar-refractivity contribution in [1.29, 1.82) is 0 Å². The number of furan rings is 1. The van der Waals surface area contributed by atoms with Gasteiger partial charge in [0, 0.05) is 23.6 Å². The lowest BCUT2D eigenvalue weighted by atomic mass is 9.75.